The molecule has 1 N–H and O–H groups in total. The predicted molar refractivity (Wildman–Crippen MR) is 125 cm³/mol. The molecular formula is C26H18F6N2O4. The van der Waals surface area contributed by atoms with Gasteiger partial charge in [0.1, 0.15) is 17.3 Å². The highest BCUT2D eigenvalue weighted by Crippen LogP contribution is 2.39. The molecule has 198 valence electrons. The monoisotopic (exact) mass is 536 g/mol. The van der Waals surface area contributed by atoms with Gasteiger partial charge < -0.3 is 19.5 Å². The summed E-state index contributed by atoms with van der Waals surface area (Å²) in [5.74, 6) is -7.07. The molecule has 0 radical (unpaired) electrons. The molecule has 0 bridgehead atoms. The Labute approximate surface area is 211 Å². The van der Waals surface area contributed by atoms with E-state index in [1.807, 2.05) is 0 Å². The van der Waals surface area contributed by atoms with Gasteiger partial charge in [0.15, 0.2) is 11.5 Å². The van der Waals surface area contributed by atoms with E-state index in [9.17, 15) is 31.1 Å². The maximum Gasteiger partial charge on any atom is 0.416 e. The maximum atomic E-state index is 14.8. The minimum Gasteiger partial charge on any atom is -0.493 e. The van der Waals surface area contributed by atoms with Crippen molar-refractivity contribution in [3.63, 3.8) is 0 Å². The largest absolute Gasteiger partial charge is 0.493 e. The first-order chi connectivity index (χ1) is 17.9. The Hall–Kier alpha value is -4.48. The van der Waals surface area contributed by atoms with Crippen molar-refractivity contribution in [3.8, 4) is 23.0 Å². The molecule has 0 aliphatic heterocycles. The number of fused-ring (bicyclic) bond motifs is 1. The smallest absolute Gasteiger partial charge is 0.416 e. The summed E-state index contributed by atoms with van der Waals surface area (Å²) in [4.78, 5) is 16.4. The fraction of sp³-hybridized carbons (Fsp3) is 0.154. The second-order valence-corrected chi connectivity index (χ2v) is 7.88. The lowest BCUT2D eigenvalue weighted by atomic mass is 10.1. The average molecular weight is 536 g/mol. The van der Waals surface area contributed by atoms with Crippen LogP contribution in [0.25, 0.3) is 10.9 Å². The quantitative estimate of drug-likeness (QED) is 0.260. The lowest BCUT2D eigenvalue weighted by Gasteiger charge is -2.18. The predicted octanol–water partition coefficient (Wildman–Crippen LogP) is 6.93. The minimum atomic E-state index is -4.75. The molecule has 1 heterocycles. The molecule has 0 fully saturated rings. The zero-order valence-electron chi connectivity index (χ0n) is 19.7. The zero-order chi connectivity index (χ0) is 27.7. The SMILES string of the molecule is COc1cc2nccc(Oc3ccc(C(F)(F)C(=O)Nc4cccc(C(F)(F)F)c4)c(F)c3)c2cc1OC. The first kappa shape index (κ1) is 26.6. The van der Waals surface area contributed by atoms with E-state index >= 15 is 0 Å². The molecule has 0 aliphatic rings. The number of aromatic nitrogens is 1. The van der Waals surface area contributed by atoms with Crippen LogP contribution in [-0.4, -0.2) is 25.1 Å². The van der Waals surface area contributed by atoms with E-state index in [1.165, 1.54) is 26.5 Å². The molecule has 1 aromatic heterocycles. The van der Waals surface area contributed by atoms with Gasteiger partial charge in [0.2, 0.25) is 0 Å². The van der Waals surface area contributed by atoms with Crippen molar-refractivity contribution in [2.45, 2.75) is 12.1 Å². The molecule has 6 nitrogen and oxygen atoms in total. The Bertz CT molecular complexity index is 1510. The Morgan fingerprint density at radius 1 is 0.868 bits per heavy atom. The van der Waals surface area contributed by atoms with Gasteiger partial charge in [-0.3, -0.25) is 9.78 Å². The van der Waals surface area contributed by atoms with Crippen molar-refractivity contribution in [1.82, 2.24) is 4.98 Å². The first-order valence-corrected chi connectivity index (χ1v) is 10.8. The molecule has 3 aromatic carbocycles. The van der Waals surface area contributed by atoms with Gasteiger partial charge in [-0.2, -0.15) is 22.0 Å². The van der Waals surface area contributed by atoms with Gasteiger partial charge in [0, 0.05) is 29.4 Å². The number of alkyl halides is 5. The van der Waals surface area contributed by atoms with Crippen LogP contribution in [0, 0.1) is 5.82 Å². The number of anilines is 1. The number of carbonyl (C=O) groups is 1. The van der Waals surface area contributed by atoms with Crippen LogP contribution in [-0.2, 0) is 16.9 Å². The molecule has 0 spiro atoms. The molecule has 0 saturated heterocycles. The van der Waals surface area contributed by atoms with E-state index in [2.05, 4.69) is 4.98 Å². The Kier molecular flexibility index (Phi) is 7.07. The zero-order valence-corrected chi connectivity index (χ0v) is 19.7. The van der Waals surface area contributed by atoms with Gasteiger partial charge in [0.25, 0.3) is 5.91 Å². The lowest BCUT2D eigenvalue weighted by molar-refractivity contribution is -0.141. The highest BCUT2D eigenvalue weighted by atomic mass is 19.4. The molecule has 4 aromatic rings. The van der Waals surface area contributed by atoms with Crippen molar-refractivity contribution in [3.05, 3.63) is 83.8 Å². The van der Waals surface area contributed by atoms with Crippen LogP contribution in [0.15, 0.2) is 66.9 Å². The number of nitrogens with one attached hydrogen (secondary N) is 1. The number of hydrogen-bond donors (Lipinski definition) is 1. The number of rotatable bonds is 7. The number of benzene rings is 3. The molecule has 12 heteroatoms. The van der Waals surface area contributed by atoms with Crippen molar-refractivity contribution in [2.24, 2.45) is 0 Å². The Balaban J connectivity index is 1.59. The van der Waals surface area contributed by atoms with E-state index in [1.54, 1.807) is 17.4 Å². The summed E-state index contributed by atoms with van der Waals surface area (Å²) >= 11 is 0. The summed E-state index contributed by atoms with van der Waals surface area (Å²) < 4.78 is 99.2. The second-order valence-electron chi connectivity index (χ2n) is 7.88. The Morgan fingerprint density at radius 2 is 1.58 bits per heavy atom. The van der Waals surface area contributed by atoms with Crippen LogP contribution < -0.4 is 19.5 Å². The lowest BCUT2D eigenvalue weighted by Crippen LogP contribution is -2.33. The van der Waals surface area contributed by atoms with Gasteiger partial charge in [0.05, 0.1) is 30.9 Å². The minimum absolute atomic E-state index is 0.164. The standard InChI is InChI=1S/C26H18F6N2O4/c1-36-22-12-17-20(13-23(22)37-2)33-9-8-21(17)38-16-6-7-18(19(27)11-16)25(28,29)24(35)34-15-5-3-4-14(10-15)26(30,31)32/h3-13H,1-2H3,(H,34,35). The third-order valence-corrected chi connectivity index (χ3v) is 5.45. The molecule has 0 unspecified atom stereocenters. The fourth-order valence-corrected chi connectivity index (χ4v) is 3.58. The van der Waals surface area contributed by atoms with E-state index in [0.29, 0.717) is 46.7 Å². The van der Waals surface area contributed by atoms with E-state index in [0.717, 1.165) is 18.2 Å². The number of nitrogens with zero attached hydrogens (tertiary/aromatic N) is 1. The number of halogens is 6. The van der Waals surface area contributed by atoms with Crippen LogP contribution >= 0.6 is 0 Å². The summed E-state index contributed by atoms with van der Waals surface area (Å²) in [5.41, 5.74) is -2.51. The van der Waals surface area contributed by atoms with Gasteiger partial charge in [-0.1, -0.05) is 6.07 Å². The van der Waals surface area contributed by atoms with E-state index < -0.39 is 40.6 Å². The Morgan fingerprint density at radius 3 is 2.24 bits per heavy atom. The normalized spacial score (nSPS) is 11.8. The van der Waals surface area contributed by atoms with Gasteiger partial charge in [-0.15, -0.1) is 0 Å². The third kappa shape index (κ3) is 5.29. The van der Waals surface area contributed by atoms with Gasteiger partial charge in [-0.25, -0.2) is 4.39 Å². The molecule has 0 aliphatic carbocycles. The number of amides is 1. The fourth-order valence-electron chi connectivity index (χ4n) is 3.58. The highest BCUT2D eigenvalue weighted by Gasteiger charge is 2.43. The first-order valence-electron chi connectivity index (χ1n) is 10.8. The highest BCUT2D eigenvalue weighted by molar-refractivity contribution is 5.97. The summed E-state index contributed by atoms with van der Waals surface area (Å²) in [7, 11) is 2.88. The van der Waals surface area contributed by atoms with Gasteiger partial charge in [-0.05, 0) is 42.5 Å². The summed E-state index contributed by atoms with van der Waals surface area (Å²) in [6.45, 7) is 0. The molecule has 38 heavy (non-hydrogen) atoms. The van der Waals surface area contributed by atoms with Crippen molar-refractivity contribution < 1.29 is 45.3 Å². The van der Waals surface area contributed by atoms with Crippen LogP contribution in [0.4, 0.5) is 32.0 Å². The third-order valence-electron chi connectivity index (χ3n) is 5.45. The number of pyridine rings is 1. The van der Waals surface area contributed by atoms with Crippen molar-refractivity contribution in [1.29, 1.82) is 0 Å². The summed E-state index contributed by atoms with van der Waals surface area (Å²) in [6.07, 6.45) is -3.33. The number of ether oxygens (including phenoxy) is 3. The average Bonchev–Trinajstić information content (AvgIpc) is 2.87. The number of carbonyl (C=O) groups excluding carboxylic acids is 1. The molecule has 4 rings (SSSR count). The molecular weight excluding hydrogens is 518 g/mol. The summed E-state index contributed by atoms with van der Waals surface area (Å²) in [5, 5.41) is 2.16. The van der Waals surface area contributed by atoms with Gasteiger partial charge >= 0.3 is 12.1 Å². The topological polar surface area (TPSA) is 69.7 Å². The van der Waals surface area contributed by atoms with E-state index in [4.69, 9.17) is 14.2 Å². The second kappa shape index (κ2) is 10.1. The van der Waals surface area contributed by atoms with Crippen LogP contribution in [0.1, 0.15) is 11.1 Å². The number of hydrogen-bond acceptors (Lipinski definition) is 5. The van der Waals surface area contributed by atoms with Crippen LogP contribution in [0.2, 0.25) is 0 Å². The molecule has 1 amide bonds. The van der Waals surface area contributed by atoms with Crippen LogP contribution in [0.5, 0.6) is 23.0 Å². The van der Waals surface area contributed by atoms with E-state index in [-0.39, 0.29) is 11.5 Å². The van der Waals surface area contributed by atoms with Crippen molar-refractivity contribution >= 4 is 22.5 Å². The number of methoxy groups -OCH3 is 2. The van der Waals surface area contributed by atoms with Crippen molar-refractivity contribution in [2.75, 3.05) is 19.5 Å². The summed E-state index contributed by atoms with van der Waals surface area (Å²) in [6, 6.07) is 10.1. The molecule has 0 atom stereocenters. The molecule has 0 saturated carbocycles. The maximum absolute atomic E-state index is 14.8. The van der Waals surface area contributed by atoms with Crippen LogP contribution in [0.3, 0.4) is 0 Å².